The summed E-state index contributed by atoms with van der Waals surface area (Å²) in [6.45, 7) is 2.97. The SMILES string of the molecule is O=C1N=C(N2CCOCC2)SC1=Cc1cccc(-c2cccc(C34CC5CC(CC(C5)C3)C4)c2)c1. The van der Waals surface area contributed by atoms with Crippen LogP contribution in [0.5, 0.6) is 0 Å². The van der Waals surface area contributed by atoms with Crippen molar-refractivity contribution in [1.29, 1.82) is 0 Å². The second kappa shape index (κ2) is 8.63. The topological polar surface area (TPSA) is 41.9 Å². The van der Waals surface area contributed by atoms with Gasteiger partial charge in [0, 0.05) is 13.1 Å². The zero-order valence-electron chi connectivity index (χ0n) is 20.1. The number of aliphatic imine (C=N–C) groups is 1. The summed E-state index contributed by atoms with van der Waals surface area (Å²) in [7, 11) is 0. The lowest BCUT2D eigenvalue weighted by atomic mass is 9.48. The highest BCUT2D eigenvalue weighted by atomic mass is 32.2. The molecule has 4 saturated carbocycles. The van der Waals surface area contributed by atoms with Gasteiger partial charge in [0.2, 0.25) is 0 Å². The molecule has 0 radical (unpaired) electrons. The fourth-order valence-electron chi connectivity index (χ4n) is 7.74. The molecule has 2 heterocycles. The molecule has 0 N–H and O–H groups in total. The zero-order chi connectivity index (χ0) is 23.4. The molecule has 1 amide bonds. The summed E-state index contributed by atoms with van der Waals surface area (Å²) in [5.41, 5.74) is 5.52. The van der Waals surface area contributed by atoms with E-state index in [1.54, 1.807) is 5.56 Å². The normalized spacial score (nSPS) is 33.0. The van der Waals surface area contributed by atoms with Gasteiger partial charge in [-0.15, -0.1) is 0 Å². The predicted octanol–water partition coefficient (Wildman–Crippen LogP) is 6.12. The minimum absolute atomic E-state index is 0.134. The average molecular weight is 485 g/mol. The van der Waals surface area contributed by atoms with Gasteiger partial charge in [0.1, 0.15) is 0 Å². The van der Waals surface area contributed by atoms with Crippen molar-refractivity contribution >= 4 is 28.9 Å². The van der Waals surface area contributed by atoms with Crippen LogP contribution in [-0.2, 0) is 14.9 Å². The average Bonchev–Trinajstić information content (AvgIpc) is 3.24. The zero-order valence-corrected chi connectivity index (χ0v) is 20.9. The highest BCUT2D eigenvalue weighted by Crippen LogP contribution is 2.60. The van der Waals surface area contributed by atoms with Crippen molar-refractivity contribution in [3.63, 3.8) is 0 Å². The quantitative estimate of drug-likeness (QED) is 0.492. The van der Waals surface area contributed by atoms with E-state index in [1.807, 2.05) is 6.08 Å². The summed E-state index contributed by atoms with van der Waals surface area (Å²) >= 11 is 1.49. The summed E-state index contributed by atoms with van der Waals surface area (Å²) in [6.07, 6.45) is 10.6. The van der Waals surface area contributed by atoms with Gasteiger partial charge < -0.3 is 9.64 Å². The number of ether oxygens (including phenoxy) is 1. The third-order valence-corrected chi connectivity index (χ3v) is 9.97. The van der Waals surface area contributed by atoms with Crippen LogP contribution in [0.1, 0.15) is 49.7 Å². The van der Waals surface area contributed by atoms with E-state index in [4.69, 9.17) is 4.74 Å². The molecule has 35 heavy (non-hydrogen) atoms. The summed E-state index contributed by atoms with van der Waals surface area (Å²) in [4.78, 5) is 19.8. The number of morpholine rings is 1. The first-order valence-corrected chi connectivity index (χ1v) is 14.0. The van der Waals surface area contributed by atoms with Gasteiger partial charge in [-0.2, -0.15) is 4.99 Å². The van der Waals surface area contributed by atoms with Crippen LogP contribution in [0.2, 0.25) is 0 Å². The van der Waals surface area contributed by atoms with Gasteiger partial charge in [-0.1, -0.05) is 42.5 Å². The van der Waals surface area contributed by atoms with Crippen LogP contribution in [0, 0.1) is 17.8 Å². The molecule has 4 nitrogen and oxygen atoms in total. The van der Waals surface area contributed by atoms with Crippen LogP contribution in [0.25, 0.3) is 17.2 Å². The van der Waals surface area contributed by atoms with Crippen LogP contribution < -0.4 is 0 Å². The first kappa shape index (κ1) is 21.9. The Morgan fingerprint density at radius 1 is 0.914 bits per heavy atom. The largest absolute Gasteiger partial charge is 0.378 e. The molecular weight excluding hydrogens is 452 g/mol. The molecular formula is C30H32N2O2S. The molecule has 1 saturated heterocycles. The number of carbonyl (C=O) groups excluding carboxylic acids is 1. The van der Waals surface area contributed by atoms with Gasteiger partial charge in [0.15, 0.2) is 5.17 Å². The molecule has 2 aromatic rings. The molecule has 2 aliphatic heterocycles. The number of thioether (sulfide) groups is 1. The van der Waals surface area contributed by atoms with E-state index in [0.29, 0.717) is 23.5 Å². The van der Waals surface area contributed by atoms with E-state index < -0.39 is 0 Å². The highest BCUT2D eigenvalue weighted by molar-refractivity contribution is 8.18. The smallest absolute Gasteiger partial charge is 0.286 e. The Balaban J connectivity index is 1.14. The van der Waals surface area contributed by atoms with Gasteiger partial charge in [0.25, 0.3) is 5.91 Å². The third kappa shape index (κ3) is 4.07. The Morgan fingerprint density at radius 3 is 2.29 bits per heavy atom. The van der Waals surface area contributed by atoms with Crippen LogP contribution in [0.4, 0.5) is 0 Å². The number of amidine groups is 1. The fourth-order valence-corrected chi connectivity index (χ4v) is 8.70. The van der Waals surface area contributed by atoms with E-state index in [-0.39, 0.29) is 5.91 Å². The molecule has 8 rings (SSSR count). The summed E-state index contributed by atoms with van der Waals surface area (Å²) in [5.74, 6) is 2.72. The summed E-state index contributed by atoms with van der Waals surface area (Å²) in [5, 5.41) is 0.809. The standard InChI is InChI=1S/C30H32N2O2S/c33-28-27(35-29(31-28)32-7-9-34-10-8-32)15-20-3-1-4-24(14-20)25-5-2-6-26(16-25)30-17-21-11-22(18-30)13-23(12-21)19-30/h1-6,14-16,21-23H,7-13,17-19H2. The number of rotatable bonds is 3. The van der Waals surface area contributed by atoms with Crippen molar-refractivity contribution < 1.29 is 9.53 Å². The second-order valence-electron chi connectivity index (χ2n) is 11.3. The van der Waals surface area contributed by atoms with Crippen LogP contribution in [0.15, 0.2) is 58.4 Å². The Hall–Kier alpha value is -2.37. The van der Waals surface area contributed by atoms with Crippen molar-refractivity contribution in [3.05, 3.63) is 64.6 Å². The molecule has 180 valence electrons. The maximum atomic E-state index is 12.6. The lowest BCUT2D eigenvalue weighted by Crippen LogP contribution is -2.48. The van der Waals surface area contributed by atoms with Crippen molar-refractivity contribution in [2.75, 3.05) is 26.3 Å². The molecule has 4 aliphatic carbocycles. The molecule has 0 spiro atoms. The lowest BCUT2D eigenvalue weighted by molar-refractivity contribution is -0.113. The lowest BCUT2D eigenvalue weighted by Gasteiger charge is -2.57. The molecule has 4 bridgehead atoms. The van der Waals surface area contributed by atoms with Gasteiger partial charge in [0.05, 0.1) is 18.1 Å². The molecule has 0 aromatic heterocycles. The van der Waals surface area contributed by atoms with E-state index in [9.17, 15) is 4.79 Å². The predicted molar refractivity (Wildman–Crippen MR) is 142 cm³/mol. The first-order chi connectivity index (χ1) is 17.1. The minimum atomic E-state index is -0.134. The maximum Gasteiger partial charge on any atom is 0.286 e. The molecule has 2 aromatic carbocycles. The molecule has 5 heteroatoms. The number of carbonyl (C=O) groups is 1. The van der Waals surface area contributed by atoms with Gasteiger partial charge in [-0.25, -0.2) is 0 Å². The third-order valence-electron chi connectivity index (χ3n) is 8.92. The number of hydrogen-bond acceptors (Lipinski definition) is 4. The van der Waals surface area contributed by atoms with Crippen molar-refractivity contribution in [2.24, 2.45) is 22.7 Å². The number of amides is 1. The summed E-state index contributed by atoms with van der Waals surface area (Å²) in [6, 6.07) is 18.0. The number of hydrogen-bond donors (Lipinski definition) is 0. The molecule has 0 unspecified atom stereocenters. The van der Waals surface area contributed by atoms with Gasteiger partial charge >= 0.3 is 0 Å². The Kier molecular flexibility index (Phi) is 5.40. The van der Waals surface area contributed by atoms with Crippen molar-refractivity contribution in [2.45, 2.75) is 43.9 Å². The maximum absolute atomic E-state index is 12.6. The van der Waals surface area contributed by atoms with Crippen molar-refractivity contribution in [3.8, 4) is 11.1 Å². The highest BCUT2D eigenvalue weighted by Gasteiger charge is 2.51. The van der Waals surface area contributed by atoms with Crippen LogP contribution in [-0.4, -0.2) is 42.3 Å². The Bertz CT molecular complexity index is 1190. The molecule has 6 aliphatic rings. The minimum Gasteiger partial charge on any atom is -0.378 e. The van der Waals surface area contributed by atoms with E-state index in [2.05, 4.69) is 58.4 Å². The fraction of sp³-hybridized carbons (Fsp3) is 0.467. The van der Waals surface area contributed by atoms with Crippen molar-refractivity contribution in [1.82, 2.24) is 4.90 Å². The molecule has 0 atom stereocenters. The van der Waals surface area contributed by atoms with Gasteiger partial charge in [-0.05, 0) is 108 Å². The van der Waals surface area contributed by atoms with E-state index >= 15 is 0 Å². The van der Waals surface area contributed by atoms with Crippen LogP contribution in [0.3, 0.4) is 0 Å². The molecule has 5 fully saturated rings. The van der Waals surface area contributed by atoms with Gasteiger partial charge in [-0.3, -0.25) is 4.79 Å². The van der Waals surface area contributed by atoms with E-state index in [1.165, 1.54) is 61.4 Å². The van der Waals surface area contributed by atoms with E-state index in [0.717, 1.165) is 41.6 Å². The number of nitrogens with zero attached hydrogens (tertiary/aromatic N) is 2. The Morgan fingerprint density at radius 2 is 1.57 bits per heavy atom. The monoisotopic (exact) mass is 484 g/mol. The Labute approximate surface area is 211 Å². The van der Waals surface area contributed by atoms with Crippen LogP contribution >= 0.6 is 11.8 Å². The summed E-state index contributed by atoms with van der Waals surface area (Å²) < 4.78 is 5.43. The number of benzene rings is 2. The first-order valence-electron chi connectivity index (χ1n) is 13.2. The second-order valence-corrected chi connectivity index (χ2v) is 12.3.